The first kappa shape index (κ1) is 14.9. The average molecular weight is 285 g/mol. The van der Waals surface area contributed by atoms with Crippen molar-refractivity contribution in [3.63, 3.8) is 0 Å². The molecule has 0 atom stereocenters. The van der Waals surface area contributed by atoms with Gasteiger partial charge < -0.3 is 14.8 Å². The summed E-state index contributed by atoms with van der Waals surface area (Å²) in [4.78, 5) is 12.2. The number of carbonyl (C=O) groups is 1. The molecule has 0 saturated heterocycles. The molecule has 0 aliphatic heterocycles. The predicted octanol–water partition coefficient (Wildman–Crippen LogP) is 3.74. The average Bonchev–Trinajstić information content (AvgIpc) is 2.48. The fourth-order valence-corrected chi connectivity index (χ4v) is 1.93. The largest absolute Gasteiger partial charge is 0.494 e. The number of anilines is 1. The molecular weight excluding hydrogens is 266 g/mol. The number of hydrogen-bond acceptors (Lipinski definition) is 3. The van der Waals surface area contributed by atoms with Crippen molar-refractivity contribution < 1.29 is 14.3 Å². The second kappa shape index (κ2) is 7.33. The van der Waals surface area contributed by atoms with Gasteiger partial charge in [0.05, 0.1) is 13.2 Å². The number of ether oxygens (including phenoxy) is 2. The number of hydrogen-bond donors (Lipinski definition) is 1. The Labute approximate surface area is 124 Å². The van der Waals surface area contributed by atoms with E-state index >= 15 is 0 Å². The van der Waals surface area contributed by atoms with Crippen LogP contribution in [-0.2, 0) is 0 Å². The van der Waals surface area contributed by atoms with Gasteiger partial charge in [0.25, 0.3) is 5.91 Å². The van der Waals surface area contributed by atoms with Gasteiger partial charge in [-0.2, -0.15) is 0 Å². The third kappa shape index (κ3) is 4.24. The van der Waals surface area contributed by atoms with Gasteiger partial charge in [-0.15, -0.1) is 0 Å². The highest BCUT2D eigenvalue weighted by Crippen LogP contribution is 2.19. The number of rotatable bonds is 6. The van der Waals surface area contributed by atoms with E-state index in [1.54, 1.807) is 24.3 Å². The molecule has 0 radical (unpaired) electrons. The topological polar surface area (TPSA) is 47.6 Å². The summed E-state index contributed by atoms with van der Waals surface area (Å²) >= 11 is 0. The summed E-state index contributed by atoms with van der Waals surface area (Å²) in [6.45, 7) is 4.99. The summed E-state index contributed by atoms with van der Waals surface area (Å²) in [5.41, 5.74) is 1.26. The van der Waals surface area contributed by atoms with E-state index < -0.39 is 0 Å². The zero-order chi connectivity index (χ0) is 15.1. The summed E-state index contributed by atoms with van der Waals surface area (Å²) in [6, 6.07) is 14.4. The number of carbonyl (C=O) groups excluding carboxylic acids is 1. The first-order valence-corrected chi connectivity index (χ1v) is 7.00. The molecule has 1 N–H and O–H groups in total. The van der Waals surface area contributed by atoms with Gasteiger partial charge in [0.15, 0.2) is 0 Å². The molecule has 0 aliphatic rings. The number of nitrogens with one attached hydrogen (secondary N) is 1. The number of amides is 1. The summed E-state index contributed by atoms with van der Waals surface area (Å²) in [6.07, 6.45) is 0. The maximum atomic E-state index is 12.2. The summed E-state index contributed by atoms with van der Waals surface area (Å²) in [5, 5.41) is 2.85. The molecule has 0 spiro atoms. The van der Waals surface area contributed by atoms with Gasteiger partial charge in [-0.25, -0.2) is 0 Å². The lowest BCUT2D eigenvalue weighted by molar-refractivity contribution is 0.102. The zero-order valence-electron chi connectivity index (χ0n) is 12.3. The molecule has 0 saturated carbocycles. The van der Waals surface area contributed by atoms with E-state index in [4.69, 9.17) is 9.47 Å². The molecule has 2 aromatic rings. The van der Waals surface area contributed by atoms with E-state index in [9.17, 15) is 4.79 Å². The van der Waals surface area contributed by atoms with Gasteiger partial charge in [-0.3, -0.25) is 4.79 Å². The third-order valence-corrected chi connectivity index (χ3v) is 2.81. The minimum atomic E-state index is -0.176. The highest BCUT2D eigenvalue weighted by molar-refractivity contribution is 6.04. The van der Waals surface area contributed by atoms with Crippen molar-refractivity contribution in [3.05, 3.63) is 54.1 Å². The monoisotopic (exact) mass is 285 g/mol. The molecule has 0 aromatic heterocycles. The van der Waals surface area contributed by atoms with Crippen LogP contribution in [0.2, 0.25) is 0 Å². The fraction of sp³-hybridized carbons (Fsp3) is 0.235. The van der Waals surface area contributed by atoms with Crippen LogP contribution >= 0.6 is 0 Å². The van der Waals surface area contributed by atoms with Crippen LogP contribution in [0, 0.1) is 0 Å². The second-order valence-electron chi connectivity index (χ2n) is 4.38. The van der Waals surface area contributed by atoms with Crippen molar-refractivity contribution in [2.45, 2.75) is 13.8 Å². The summed E-state index contributed by atoms with van der Waals surface area (Å²) in [5.74, 6) is 1.25. The molecule has 0 bridgehead atoms. The van der Waals surface area contributed by atoms with E-state index in [2.05, 4.69) is 5.32 Å². The van der Waals surface area contributed by atoms with E-state index in [0.717, 1.165) is 5.75 Å². The van der Waals surface area contributed by atoms with Crippen molar-refractivity contribution in [2.75, 3.05) is 18.5 Å². The van der Waals surface area contributed by atoms with Crippen LogP contribution in [0.1, 0.15) is 24.2 Å². The van der Waals surface area contributed by atoms with Crippen LogP contribution in [0.5, 0.6) is 11.5 Å². The van der Waals surface area contributed by atoms with Crippen LogP contribution in [0.25, 0.3) is 0 Å². The Bertz CT molecular complexity index is 610. The van der Waals surface area contributed by atoms with Crippen molar-refractivity contribution >= 4 is 11.6 Å². The standard InChI is InChI=1S/C17H19NO3/c1-3-20-15-9-5-7-13(11-15)17(19)18-14-8-6-10-16(12-14)21-4-2/h5-12H,3-4H2,1-2H3,(H,18,19). The van der Waals surface area contributed by atoms with Crippen LogP contribution in [-0.4, -0.2) is 19.1 Å². The van der Waals surface area contributed by atoms with Crippen LogP contribution in [0.15, 0.2) is 48.5 Å². The molecule has 2 aromatic carbocycles. The quantitative estimate of drug-likeness (QED) is 0.879. The smallest absolute Gasteiger partial charge is 0.255 e. The van der Waals surface area contributed by atoms with Gasteiger partial charge in [0.2, 0.25) is 0 Å². The molecule has 0 heterocycles. The highest BCUT2D eigenvalue weighted by Gasteiger charge is 2.07. The van der Waals surface area contributed by atoms with Gasteiger partial charge in [-0.05, 0) is 44.2 Å². The summed E-state index contributed by atoms with van der Waals surface area (Å²) in [7, 11) is 0. The second-order valence-corrected chi connectivity index (χ2v) is 4.38. The van der Waals surface area contributed by atoms with Crippen molar-refractivity contribution in [3.8, 4) is 11.5 Å². The third-order valence-electron chi connectivity index (χ3n) is 2.81. The Kier molecular flexibility index (Phi) is 5.21. The minimum Gasteiger partial charge on any atom is -0.494 e. The lowest BCUT2D eigenvalue weighted by Gasteiger charge is -2.09. The Morgan fingerprint density at radius 1 is 0.952 bits per heavy atom. The van der Waals surface area contributed by atoms with Crippen LogP contribution in [0.4, 0.5) is 5.69 Å². The highest BCUT2D eigenvalue weighted by atomic mass is 16.5. The SMILES string of the molecule is CCOc1cccc(NC(=O)c2cccc(OCC)c2)c1. The molecule has 110 valence electrons. The predicted molar refractivity (Wildman–Crippen MR) is 83.2 cm³/mol. The van der Waals surface area contributed by atoms with Crippen molar-refractivity contribution in [2.24, 2.45) is 0 Å². The van der Waals surface area contributed by atoms with Gasteiger partial charge >= 0.3 is 0 Å². The normalized spacial score (nSPS) is 10.0. The Morgan fingerprint density at radius 2 is 1.57 bits per heavy atom. The maximum absolute atomic E-state index is 12.2. The minimum absolute atomic E-state index is 0.176. The molecule has 1 amide bonds. The van der Waals surface area contributed by atoms with E-state index in [-0.39, 0.29) is 5.91 Å². The van der Waals surface area contributed by atoms with Crippen molar-refractivity contribution in [1.82, 2.24) is 0 Å². The zero-order valence-corrected chi connectivity index (χ0v) is 12.3. The molecule has 4 heteroatoms. The fourth-order valence-electron chi connectivity index (χ4n) is 1.93. The first-order valence-electron chi connectivity index (χ1n) is 7.00. The van der Waals surface area contributed by atoms with Gasteiger partial charge in [-0.1, -0.05) is 12.1 Å². The summed E-state index contributed by atoms with van der Waals surface area (Å²) < 4.78 is 10.8. The molecule has 21 heavy (non-hydrogen) atoms. The number of benzene rings is 2. The molecule has 0 unspecified atom stereocenters. The lowest BCUT2D eigenvalue weighted by atomic mass is 10.2. The first-order chi connectivity index (χ1) is 10.2. The molecular formula is C17H19NO3. The van der Waals surface area contributed by atoms with E-state index in [0.29, 0.717) is 30.2 Å². The van der Waals surface area contributed by atoms with E-state index in [1.807, 2.05) is 38.1 Å². The Balaban J connectivity index is 2.10. The molecule has 0 aliphatic carbocycles. The van der Waals surface area contributed by atoms with E-state index in [1.165, 1.54) is 0 Å². The maximum Gasteiger partial charge on any atom is 0.255 e. The van der Waals surface area contributed by atoms with Gasteiger partial charge in [0.1, 0.15) is 11.5 Å². The van der Waals surface area contributed by atoms with Crippen LogP contribution in [0.3, 0.4) is 0 Å². The Hall–Kier alpha value is -2.49. The van der Waals surface area contributed by atoms with Crippen molar-refractivity contribution in [1.29, 1.82) is 0 Å². The molecule has 2 rings (SSSR count). The molecule has 0 fully saturated rings. The van der Waals surface area contributed by atoms with Gasteiger partial charge in [0, 0.05) is 17.3 Å². The Morgan fingerprint density at radius 3 is 2.24 bits per heavy atom. The van der Waals surface area contributed by atoms with Crippen LogP contribution < -0.4 is 14.8 Å². The molecule has 4 nitrogen and oxygen atoms in total. The lowest BCUT2D eigenvalue weighted by Crippen LogP contribution is -2.12.